The van der Waals surface area contributed by atoms with Gasteiger partial charge in [0.05, 0.1) is 45.2 Å². The van der Waals surface area contributed by atoms with Crippen LogP contribution in [0.1, 0.15) is 56.0 Å². The third-order valence-electron chi connectivity index (χ3n) is 6.88. The van der Waals surface area contributed by atoms with E-state index in [1.807, 2.05) is 38.1 Å². The molecule has 0 spiro atoms. The molecule has 3 aromatic carbocycles. The van der Waals surface area contributed by atoms with Crippen LogP contribution >= 0.6 is 34.5 Å². The first-order valence-corrected chi connectivity index (χ1v) is 15.7. The molecule has 0 radical (unpaired) electrons. The van der Waals surface area contributed by atoms with Crippen LogP contribution in [-0.4, -0.2) is 23.2 Å². The predicted molar refractivity (Wildman–Crippen MR) is 175 cm³/mol. The van der Waals surface area contributed by atoms with E-state index < -0.39 is 12.0 Å². The van der Waals surface area contributed by atoms with Crippen molar-refractivity contribution in [1.82, 2.24) is 4.57 Å². The lowest BCUT2D eigenvalue weighted by Gasteiger charge is -2.26. The number of ether oxygens (including phenoxy) is 3. The highest BCUT2D eigenvalue weighted by atomic mass is 35.5. The number of halogens is 2. The molecule has 1 aromatic heterocycles. The Morgan fingerprint density at radius 1 is 1.16 bits per heavy atom. The number of hydrogen-bond donors (Lipinski definition) is 0. The minimum atomic E-state index is -0.840. The Bertz CT molecular complexity index is 2020. The molecule has 0 bridgehead atoms. The maximum Gasteiger partial charge on any atom is 0.338 e. The summed E-state index contributed by atoms with van der Waals surface area (Å²) < 4.78 is 19.5. The number of esters is 1. The topological polar surface area (TPSA) is 103 Å². The van der Waals surface area contributed by atoms with Gasteiger partial charge in [0.25, 0.3) is 5.56 Å². The molecule has 1 aliphatic rings. The molecule has 0 amide bonds. The van der Waals surface area contributed by atoms with Crippen LogP contribution in [0.4, 0.5) is 0 Å². The Kier molecular flexibility index (Phi) is 9.78. The number of hydrogen-bond acceptors (Lipinski definition) is 8. The normalized spacial score (nSPS) is 14.5. The summed E-state index contributed by atoms with van der Waals surface area (Å²) in [6.07, 6.45) is 1.51. The molecule has 45 heavy (non-hydrogen) atoms. The molecule has 8 nitrogen and oxygen atoms in total. The van der Waals surface area contributed by atoms with Gasteiger partial charge in [-0.3, -0.25) is 9.36 Å². The zero-order valence-corrected chi connectivity index (χ0v) is 27.3. The molecule has 11 heteroatoms. The Labute approximate surface area is 274 Å². The van der Waals surface area contributed by atoms with E-state index in [0.717, 1.165) is 5.56 Å². The summed E-state index contributed by atoms with van der Waals surface area (Å²) in [6.45, 7) is 7.61. The van der Waals surface area contributed by atoms with Crippen molar-refractivity contribution in [3.63, 3.8) is 0 Å². The Hall–Kier alpha value is -4.36. The van der Waals surface area contributed by atoms with Gasteiger partial charge in [-0.05, 0) is 69.7 Å². The SMILES string of the molecule is CCOC(=O)C1=C(C)N=c2s/c(=C\c3cc(Cl)cc(Cl)c3OCc3ccc(C#N)cc3)c(=O)n2[C@H]1c1ccccc1OC(C)C. The number of fused-ring (bicyclic) bond motifs is 1. The van der Waals surface area contributed by atoms with Gasteiger partial charge in [0, 0.05) is 16.1 Å². The van der Waals surface area contributed by atoms with Crippen LogP contribution in [-0.2, 0) is 16.1 Å². The number of allylic oxidation sites excluding steroid dienone is 1. The average Bonchev–Trinajstić information content (AvgIpc) is 3.30. The number of carbonyl (C=O) groups excluding carboxylic acids is 1. The van der Waals surface area contributed by atoms with E-state index in [0.29, 0.717) is 48.2 Å². The second-order valence-electron chi connectivity index (χ2n) is 10.4. The first-order valence-electron chi connectivity index (χ1n) is 14.2. The van der Waals surface area contributed by atoms with E-state index >= 15 is 0 Å². The van der Waals surface area contributed by atoms with Crippen molar-refractivity contribution in [2.24, 2.45) is 4.99 Å². The first kappa shape index (κ1) is 32.0. The number of aromatic nitrogens is 1. The number of thiazole rings is 1. The van der Waals surface area contributed by atoms with Gasteiger partial charge in [0.1, 0.15) is 24.1 Å². The average molecular weight is 663 g/mol. The number of rotatable bonds is 9. The third kappa shape index (κ3) is 6.84. The van der Waals surface area contributed by atoms with Gasteiger partial charge in [-0.25, -0.2) is 9.79 Å². The lowest BCUT2D eigenvalue weighted by atomic mass is 9.95. The second-order valence-corrected chi connectivity index (χ2v) is 12.3. The largest absolute Gasteiger partial charge is 0.491 e. The highest BCUT2D eigenvalue weighted by molar-refractivity contribution is 7.07. The van der Waals surface area contributed by atoms with Crippen LogP contribution < -0.4 is 24.4 Å². The predicted octanol–water partition coefficient (Wildman–Crippen LogP) is 6.34. The molecule has 5 rings (SSSR count). The maximum absolute atomic E-state index is 14.2. The van der Waals surface area contributed by atoms with Crippen LogP contribution in [0, 0.1) is 11.3 Å². The molecule has 1 atom stereocenters. The summed E-state index contributed by atoms with van der Waals surface area (Å²) in [7, 11) is 0. The summed E-state index contributed by atoms with van der Waals surface area (Å²) >= 11 is 14.1. The van der Waals surface area contributed by atoms with Crippen molar-refractivity contribution in [2.45, 2.75) is 46.4 Å². The van der Waals surface area contributed by atoms with E-state index in [4.69, 9.17) is 42.7 Å². The molecule has 0 unspecified atom stereocenters. The summed E-state index contributed by atoms with van der Waals surface area (Å²) in [6, 6.07) is 18.8. The summed E-state index contributed by atoms with van der Waals surface area (Å²) in [5.74, 6) is 0.327. The number of para-hydroxylation sites is 1. The van der Waals surface area contributed by atoms with E-state index in [2.05, 4.69) is 11.1 Å². The van der Waals surface area contributed by atoms with Gasteiger partial charge in [-0.2, -0.15) is 5.26 Å². The third-order valence-corrected chi connectivity index (χ3v) is 8.37. The number of nitriles is 1. The second kappa shape index (κ2) is 13.7. The standard InChI is InChI=1S/C34H29Cl2N3O5S/c1-5-42-33(41)29-20(4)38-34-39(30(29)25-8-6-7-9-27(25)44-19(2)3)32(40)28(45-34)15-23-14-24(35)16-26(36)31(23)43-18-22-12-10-21(17-37)11-13-22/h6-16,19,30H,5,18H2,1-4H3/b28-15-/t30-/m0/s1. The summed E-state index contributed by atoms with van der Waals surface area (Å²) in [5.41, 5.74) is 2.83. The lowest BCUT2D eigenvalue weighted by molar-refractivity contribution is -0.139. The minimum absolute atomic E-state index is 0.145. The summed E-state index contributed by atoms with van der Waals surface area (Å²) in [4.78, 5) is 32.6. The molecule has 1 aliphatic heterocycles. The molecule has 0 N–H and O–H groups in total. The van der Waals surface area contributed by atoms with Crippen LogP contribution in [0.15, 0.2) is 81.7 Å². The highest BCUT2D eigenvalue weighted by Gasteiger charge is 2.35. The van der Waals surface area contributed by atoms with Gasteiger partial charge in [-0.1, -0.05) is 64.9 Å². The lowest BCUT2D eigenvalue weighted by Crippen LogP contribution is -2.40. The van der Waals surface area contributed by atoms with E-state index in [1.54, 1.807) is 56.3 Å². The van der Waals surface area contributed by atoms with E-state index in [9.17, 15) is 9.59 Å². The number of carbonyl (C=O) groups is 1. The van der Waals surface area contributed by atoms with Crippen molar-refractivity contribution in [1.29, 1.82) is 5.26 Å². The zero-order valence-electron chi connectivity index (χ0n) is 25.0. The van der Waals surface area contributed by atoms with Crippen molar-refractivity contribution in [2.75, 3.05) is 6.61 Å². The Balaban J connectivity index is 1.66. The Morgan fingerprint density at radius 2 is 1.89 bits per heavy atom. The van der Waals surface area contributed by atoms with Gasteiger partial charge in [-0.15, -0.1) is 0 Å². The molecule has 2 heterocycles. The minimum Gasteiger partial charge on any atom is -0.491 e. The van der Waals surface area contributed by atoms with Crippen LogP contribution in [0.25, 0.3) is 6.08 Å². The van der Waals surface area contributed by atoms with E-state index in [-0.39, 0.29) is 35.5 Å². The monoisotopic (exact) mass is 661 g/mol. The fourth-order valence-corrected chi connectivity index (χ4v) is 6.57. The van der Waals surface area contributed by atoms with Gasteiger partial charge in [0.2, 0.25) is 0 Å². The van der Waals surface area contributed by atoms with Crippen molar-refractivity contribution >= 4 is 46.6 Å². The molecule has 0 saturated heterocycles. The smallest absolute Gasteiger partial charge is 0.338 e. The van der Waals surface area contributed by atoms with Crippen LogP contribution in [0.2, 0.25) is 10.0 Å². The van der Waals surface area contributed by atoms with Gasteiger partial charge in [0.15, 0.2) is 4.80 Å². The molecular weight excluding hydrogens is 633 g/mol. The Morgan fingerprint density at radius 3 is 2.58 bits per heavy atom. The van der Waals surface area contributed by atoms with Crippen molar-refractivity contribution in [3.05, 3.63) is 124 Å². The van der Waals surface area contributed by atoms with Crippen LogP contribution in [0.3, 0.4) is 0 Å². The molecule has 0 aliphatic carbocycles. The molecular formula is C34H29Cl2N3O5S. The van der Waals surface area contributed by atoms with Crippen molar-refractivity contribution < 1.29 is 19.0 Å². The van der Waals surface area contributed by atoms with Gasteiger partial charge >= 0.3 is 5.97 Å². The molecule has 4 aromatic rings. The van der Waals surface area contributed by atoms with Crippen LogP contribution in [0.5, 0.6) is 11.5 Å². The van der Waals surface area contributed by atoms with E-state index in [1.165, 1.54) is 15.9 Å². The zero-order chi connectivity index (χ0) is 32.2. The molecule has 0 fully saturated rings. The number of benzene rings is 3. The fraction of sp³-hybridized carbons (Fsp3) is 0.235. The van der Waals surface area contributed by atoms with Crippen molar-refractivity contribution in [3.8, 4) is 17.6 Å². The summed E-state index contributed by atoms with van der Waals surface area (Å²) in [5, 5.41) is 9.72. The number of nitrogens with zero attached hydrogens (tertiary/aromatic N) is 3. The van der Waals surface area contributed by atoms with Gasteiger partial charge < -0.3 is 14.2 Å². The fourth-order valence-electron chi connectivity index (χ4n) is 4.97. The highest BCUT2D eigenvalue weighted by Crippen LogP contribution is 2.37. The quantitative estimate of drug-likeness (QED) is 0.194. The first-order chi connectivity index (χ1) is 21.6. The molecule has 230 valence electrons. The molecule has 0 saturated carbocycles. The maximum atomic E-state index is 14.2.